The van der Waals surface area contributed by atoms with Crippen molar-refractivity contribution in [3.63, 3.8) is 0 Å². The molecule has 1 atom stereocenters. The van der Waals surface area contributed by atoms with Gasteiger partial charge in [-0.2, -0.15) is 0 Å². The lowest BCUT2D eigenvalue weighted by atomic mass is 10.1. The fourth-order valence-electron chi connectivity index (χ4n) is 2.06. The predicted molar refractivity (Wildman–Crippen MR) is 80.1 cm³/mol. The van der Waals surface area contributed by atoms with Gasteiger partial charge in [-0.25, -0.2) is 0 Å². The zero-order chi connectivity index (χ0) is 14.5. The number of hydrogen-bond donors (Lipinski definition) is 1. The Morgan fingerprint density at radius 1 is 1.10 bits per heavy atom. The second-order valence-corrected chi connectivity index (χ2v) is 4.85. The number of nitrogens with zero attached hydrogens (tertiary/aromatic N) is 1. The summed E-state index contributed by atoms with van der Waals surface area (Å²) in [5.41, 5.74) is 2.87. The Hall–Kier alpha value is -1.87. The highest BCUT2D eigenvalue weighted by Crippen LogP contribution is 2.26. The van der Waals surface area contributed by atoms with Crippen LogP contribution in [0.4, 0.5) is 0 Å². The fraction of sp³-hybridized carbons (Fsp3) is 0.353. The third-order valence-electron chi connectivity index (χ3n) is 3.29. The van der Waals surface area contributed by atoms with Gasteiger partial charge in [-0.3, -0.25) is 4.98 Å². The summed E-state index contributed by atoms with van der Waals surface area (Å²) in [4.78, 5) is 4.48. The second kappa shape index (κ2) is 6.53. The van der Waals surface area contributed by atoms with Crippen LogP contribution in [0.2, 0.25) is 0 Å². The first-order chi connectivity index (χ1) is 9.63. The molecule has 20 heavy (non-hydrogen) atoms. The van der Waals surface area contributed by atoms with Crippen molar-refractivity contribution in [2.75, 3.05) is 0 Å². The molecule has 1 heterocycles. The molecular formula is C17H21NO2. The molecule has 0 bridgehead atoms. The van der Waals surface area contributed by atoms with E-state index in [9.17, 15) is 5.11 Å². The Morgan fingerprint density at radius 2 is 1.80 bits per heavy atom. The summed E-state index contributed by atoms with van der Waals surface area (Å²) >= 11 is 0. The normalized spacial score (nSPS) is 12.2. The van der Waals surface area contributed by atoms with Crippen molar-refractivity contribution in [1.82, 2.24) is 4.98 Å². The van der Waals surface area contributed by atoms with Crippen LogP contribution in [-0.4, -0.2) is 10.1 Å². The van der Waals surface area contributed by atoms with Crippen molar-refractivity contribution in [3.8, 4) is 11.5 Å². The van der Waals surface area contributed by atoms with Crippen molar-refractivity contribution in [2.24, 2.45) is 0 Å². The van der Waals surface area contributed by atoms with Crippen LogP contribution < -0.4 is 4.74 Å². The van der Waals surface area contributed by atoms with Gasteiger partial charge in [0.05, 0.1) is 11.8 Å². The van der Waals surface area contributed by atoms with Gasteiger partial charge in [-0.15, -0.1) is 0 Å². The maximum atomic E-state index is 9.77. The highest BCUT2D eigenvalue weighted by molar-refractivity contribution is 5.36. The van der Waals surface area contributed by atoms with Crippen LogP contribution in [0.3, 0.4) is 0 Å². The first-order valence-corrected chi connectivity index (χ1v) is 7.06. The zero-order valence-corrected chi connectivity index (χ0v) is 12.3. The van der Waals surface area contributed by atoms with Crippen molar-refractivity contribution >= 4 is 0 Å². The van der Waals surface area contributed by atoms with Crippen LogP contribution >= 0.6 is 0 Å². The molecular weight excluding hydrogens is 250 g/mol. The predicted octanol–water partition coefficient (Wildman–Crippen LogP) is 4.19. The van der Waals surface area contributed by atoms with E-state index in [2.05, 4.69) is 11.9 Å². The summed E-state index contributed by atoms with van der Waals surface area (Å²) in [6.45, 7) is 6.00. The molecule has 3 heteroatoms. The average Bonchev–Trinajstić information content (AvgIpc) is 2.49. The van der Waals surface area contributed by atoms with Gasteiger partial charge >= 0.3 is 0 Å². The number of pyridine rings is 1. The molecule has 1 unspecified atom stereocenters. The van der Waals surface area contributed by atoms with E-state index in [0.29, 0.717) is 6.42 Å². The maximum absolute atomic E-state index is 9.77. The van der Waals surface area contributed by atoms with Gasteiger partial charge in [0.25, 0.3) is 0 Å². The highest BCUT2D eigenvalue weighted by Gasteiger charge is 2.07. The summed E-state index contributed by atoms with van der Waals surface area (Å²) in [6.07, 6.45) is 1.14. The lowest BCUT2D eigenvalue weighted by molar-refractivity contribution is 0.173. The van der Waals surface area contributed by atoms with Crippen molar-refractivity contribution < 1.29 is 9.84 Å². The van der Waals surface area contributed by atoms with E-state index < -0.39 is 6.10 Å². The number of aliphatic hydroxyl groups is 1. The number of benzene rings is 1. The molecule has 0 aliphatic carbocycles. The molecule has 1 N–H and O–H groups in total. The molecule has 2 rings (SSSR count). The number of rotatable bonds is 5. The van der Waals surface area contributed by atoms with E-state index in [0.717, 1.165) is 34.9 Å². The van der Waals surface area contributed by atoms with E-state index >= 15 is 0 Å². The molecule has 0 amide bonds. The van der Waals surface area contributed by atoms with Crippen LogP contribution in [0.1, 0.15) is 43.3 Å². The van der Waals surface area contributed by atoms with Crippen LogP contribution in [-0.2, 0) is 6.42 Å². The number of aliphatic hydroxyl groups excluding tert-OH is 1. The van der Waals surface area contributed by atoms with Gasteiger partial charge in [-0.1, -0.05) is 26.0 Å². The third kappa shape index (κ3) is 3.36. The molecule has 1 aromatic carbocycles. The van der Waals surface area contributed by atoms with Crippen LogP contribution in [0.25, 0.3) is 0 Å². The second-order valence-electron chi connectivity index (χ2n) is 4.85. The first-order valence-electron chi connectivity index (χ1n) is 7.06. The topological polar surface area (TPSA) is 42.4 Å². The van der Waals surface area contributed by atoms with Crippen LogP contribution in [0.15, 0.2) is 36.4 Å². The Morgan fingerprint density at radius 3 is 2.40 bits per heavy atom. The first kappa shape index (κ1) is 14.5. The molecule has 0 fully saturated rings. The minimum atomic E-state index is -0.406. The molecule has 3 nitrogen and oxygen atoms in total. The number of hydrogen-bond acceptors (Lipinski definition) is 3. The zero-order valence-electron chi connectivity index (χ0n) is 12.3. The van der Waals surface area contributed by atoms with Crippen molar-refractivity contribution in [2.45, 2.75) is 39.7 Å². The van der Waals surface area contributed by atoms with Gasteiger partial charge in [0.2, 0.25) is 0 Å². The van der Waals surface area contributed by atoms with Gasteiger partial charge in [0.1, 0.15) is 11.5 Å². The standard InChI is InChI=1S/C17H21NO2/c1-4-15-17(11-6-12(3)18-15)20-14-9-7-13(8-10-14)16(19)5-2/h6-11,16,19H,4-5H2,1-3H3. The smallest absolute Gasteiger partial charge is 0.148 e. The van der Waals surface area contributed by atoms with Crippen LogP contribution in [0.5, 0.6) is 11.5 Å². The Bertz CT molecular complexity index is 564. The molecule has 0 saturated carbocycles. The largest absolute Gasteiger partial charge is 0.455 e. The Kier molecular flexibility index (Phi) is 4.74. The van der Waals surface area contributed by atoms with Gasteiger partial charge in [0, 0.05) is 5.69 Å². The molecule has 0 saturated heterocycles. The minimum absolute atomic E-state index is 0.406. The minimum Gasteiger partial charge on any atom is -0.455 e. The van der Waals surface area contributed by atoms with Gasteiger partial charge in [0.15, 0.2) is 0 Å². The van der Waals surface area contributed by atoms with E-state index in [1.165, 1.54) is 0 Å². The highest BCUT2D eigenvalue weighted by atomic mass is 16.5. The SMILES string of the molecule is CCc1nc(C)ccc1Oc1ccc(C(O)CC)cc1. The Balaban J connectivity index is 2.18. The van der Waals surface area contributed by atoms with Gasteiger partial charge in [-0.05, 0) is 49.6 Å². The van der Waals surface area contributed by atoms with Gasteiger partial charge < -0.3 is 9.84 Å². The molecule has 1 aromatic heterocycles. The number of aryl methyl sites for hydroxylation is 2. The summed E-state index contributed by atoms with van der Waals surface area (Å²) in [5.74, 6) is 1.55. The molecule has 0 spiro atoms. The monoisotopic (exact) mass is 271 g/mol. The van der Waals surface area contributed by atoms with Crippen molar-refractivity contribution in [3.05, 3.63) is 53.3 Å². The molecule has 0 radical (unpaired) electrons. The lowest BCUT2D eigenvalue weighted by Gasteiger charge is -2.12. The van der Waals surface area contributed by atoms with E-state index in [1.54, 1.807) is 0 Å². The molecule has 0 aliphatic rings. The van der Waals surface area contributed by atoms with E-state index in [1.807, 2.05) is 50.2 Å². The third-order valence-corrected chi connectivity index (χ3v) is 3.29. The molecule has 0 aliphatic heterocycles. The number of aromatic nitrogens is 1. The summed E-state index contributed by atoms with van der Waals surface area (Å²) < 4.78 is 5.88. The average molecular weight is 271 g/mol. The van der Waals surface area contributed by atoms with Crippen molar-refractivity contribution in [1.29, 1.82) is 0 Å². The summed E-state index contributed by atoms with van der Waals surface area (Å²) in [6, 6.07) is 11.5. The van der Waals surface area contributed by atoms with E-state index in [-0.39, 0.29) is 0 Å². The summed E-state index contributed by atoms with van der Waals surface area (Å²) in [5, 5.41) is 9.77. The number of ether oxygens (including phenoxy) is 1. The molecule has 2 aromatic rings. The molecule has 106 valence electrons. The Labute approximate surface area is 120 Å². The fourth-order valence-corrected chi connectivity index (χ4v) is 2.06. The quantitative estimate of drug-likeness (QED) is 0.886. The summed E-state index contributed by atoms with van der Waals surface area (Å²) in [7, 11) is 0. The maximum Gasteiger partial charge on any atom is 0.148 e. The van der Waals surface area contributed by atoms with E-state index in [4.69, 9.17) is 4.74 Å². The lowest BCUT2D eigenvalue weighted by Crippen LogP contribution is -1.97. The van der Waals surface area contributed by atoms with Crippen LogP contribution in [0, 0.1) is 6.92 Å².